The summed E-state index contributed by atoms with van der Waals surface area (Å²) in [5.41, 5.74) is 2.79. The lowest BCUT2D eigenvalue weighted by Crippen LogP contribution is -2.34. The molecule has 1 aliphatic carbocycles. The molecule has 0 unspecified atom stereocenters. The second-order valence-corrected chi connectivity index (χ2v) is 6.00. The maximum atomic E-state index is 12.1. The van der Waals surface area contributed by atoms with Crippen molar-refractivity contribution in [2.45, 2.75) is 36.6 Å². The van der Waals surface area contributed by atoms with Crippen molar-refractivity contribution in [1.82, 2.24) is 4.90 Å². The molecular formula is C14H16BrNO. The van der Waals surface area contributed by atoms with Gasteiger partial charge in [-0.2, -0.15) is 0 Å². The number of nitrogens with zero attached hydrogens (tertiary/aromatic N) is 1. The molecule has 2 atom stereocenters. The van der Waals surface area contributed by atoms with Gasteiger partial charge in [-0.1, -0.05) is 40.2 Å². The van der Waals surface area contributed by atoms with Crippen molar-refractivity contribution in [1.29, 1.82) is 0 Å². The van der Waals surface area contributed by atoms with Gasteiger partial charge in [-0.25, -0.2) is 0 Å². The first-order chi connectivity index (χ1) is 8.27. The van der Waals surface area contributed by atoms with Crippen LogP contribution in [0.2, 0.25) is 0 Å². The summed E-state index contributed by atoms with van der Waals surface area (Å²) >= 11 is 3.46. The zero-order valence-electron chi connectivity index (χ0n) is 9.73. The van der Waals surface area contributed by atoms with Crippen LogP contribution in [0.3, 0.4) is 0 Å². The van der Waals surface area contributed by atoms with E-state index in [-0.39, 0.29) is 10.7 Å². The Morgan fingerprint density at radius 1 is 1.24 bits per heavy atom. The molecule has 90 valence electrons. The van der Waals surface area contributed by atoms with Gasteiger partial charge in [0, 0.05) is 6.54 Å². The minimum Gasteiger partial charge on any atom is -0.335 e. The van der Waals surface area contributed by atoms with Crippen molar-refractivity contribution in [3.63, 3.8) is 0 Å². The molecule has 1 aromatic carbocycles. The van der Waals surface area contributed by atoms with E-state index in [1.165, 1.54) is 17.5 Å². The van der Waals surface area contributed by atoms with Crippen molar-refractivity contribution in [3.05, 3.63) is 35.4 Å². The number of halogens is 1. The molecular weight excluding hydrogens is 278 g/mol. The topological polar surface area (TPSA) is 20.3 Å². The second kappa shape index (κ2) is 4.45. The van der Waals surface area contributed by atoms with Crippen LogP contribution in [0.25, 0.3) is 0 Å². The molecule has 0 bridgehead atoms. The Morgan fingerprint density at radius 2 is 2.06 bits per heavy atom. The number of amides is 1. The molecule has 1 heterocycles. The van der Waals surface area contributed by atoms with E-state index in [0.29, 0.717) is 6.04 Å². The first-order valence-corrected chi connectivity index (χ1v) is 7.21. The van der Waals surface area contributed by atoms with Gasteiger partial charge in [-0.05, 0) is 36.8 Å². The summed E-state index contributed by atoms with van der Waals surface area (Å²) in [5.74, 6) is 0.270. The number of fused-ring (bicyclic) bond motifs is 1. The first kappa shape index (κ1) is 11.3. The Hall–Kier alpha value is -0.830. The normalized spacial score (nSPS) is 28.3. The van der Waals surface area contributed by atoms with Gasteiger partial charge in [0.1, 0.15) is 0 Å². The highest BCUT2D eigenvalue weighted by molar-refractivity contribution is 9.10. The van der Waals surface area contributed by atoms with Crippen molar-refractivity contribution in [3.8, 4) is 0 Å². The Kier molecular flexibility index (Phi) is 2.95. The maximum Gasteiger partial charge on any atom is 0.236 e. The van der Waals surface area contributed by atoms with Crippen molar-refractivity contribution < 1.29 is 4.79 Å². The van der Waals surface area contributed by atoms with E-state index in [1.54, 1.807) is 0 Å². The summed E-state index contributed by atoms with van der Waals surface area (Å²) in [6.07, 6.45) is 4.41. The quantitative estimate of drug-likeness (QED) is 0.729. The molecule has 1 aliphatic heterocycles. The molecule has 0 radical (unpaired) electrons. The molecule has 3 heteroatoms. The number of carbonyl (C=O) groups excluding carboxylic acids is 1. The fourth-order valence-corrected chi connectivity index (χ4v) is 3.50. The van der Waals surface area contributed by atoms with Gasteiger partial charge in [0.15, 0.2) is 0 Å². The first-order valence-electron chi connectivity index (χ1n) is 6.30. The monoisotopic (exact) mass is 293 g/mol. The number of benzene rings is 1. The number of hydrogen-bond donors (Lipinski definition) is 0. The lowest BCUT2D eigenvalue weighted by molar-refractivity contribution is -0.129. The number of aryl methyl sites for hydroxylation is 1. The average molecular weight is 294 g/mol. The third-order valence-electron chi connectivity index (χ3n) is 3.89. The molecule has 0 saturated carbocycles. The number of rotatable bonds is 1. The minimum absolute atomic E-state index is 0.0385. The zero-order valence-corrected chi connectivity index (χ0v) is 11.3. The van der Waals surface area contributed by atoms with Gasteiger partial charge < -0.3 is 4.90 Å². The summed E-state index contributed by atoms with van der Waals surface area (Å²) < 4.78 is 0. The molecule has 0 spiro atoms. The molecule has 1 amide bonds. The third kappa shape index (κ3) is 1.90. The zero-order chi connectivity index (χ0) is 11.8. The Bertz CT molecular complexity index is 446. The third-order valence-corrected chi connectivity index (χ3v) is 4.74. The summed E-state index contributed by atoms with van der Waals surface area (Å²) in [5, 5.41) is 0. The average Bonchev–Trinajstić information content (AvgIpc) is 2.69. The highest BCUT2D eigenvalue weighted by Crippen LogP contribution is 2.37. The second-order valence-electron chi connectivity index (χ2n) is 4.89. The van der Waals surface area contributed by atoms with Gasteiger partial charge in [0.05, 0.1) is 10.9 Å². The van der Waals surface area contributed by atoms with Crippen LogP contribution in [0.4, 0.5) is 0 Å². The number of alkyl halides is 1. The van der Waals surface area contributed by atoms with E-state index in [1.807, 2.05) is 0 Å². The Labute approximate surface area is 110 Å². The van der Waals surface area contributed by atoms with Crippen LogP contribution in [-0.4, -0.2) is 22.2 Å². The SMILES string of the molecule is O=C1[C@H](Br)CCN1[C@@H]1CCCc2ccccc21. The minimum atomic E-state index is 0.0385. The van der Waals surface area contributed by atoms with Crippen LogP contribution >= 0.6 is 15.9 Å². The molecule has 17 heavy (non-hydrogen) atoms. The van der Waals surface area contributed by atoms with Gasteiger partial charge in [0.2, 0.25) is 5.91 Å². The fourth-order valence-electron chi connectivity index (χ4n) is 3.03. The number of hydrogen-bond acceptors (Lipinski definition) is 1. The van der Waals surface area contributed by atoms with Gasteiger partial charge >= 0.3 is 0 Å². The van der Waals surface area contributed by atoms with E-state index < -0.39 is 0 Å². The summed E-state index contributed by atoms with van der Waals surface area (Å²) in [4.78, 5) is 14.2. The molecule has 2 aliphatic rings. The molecule has 0 N–H and O–H groups in total. The molecule has 1 fully saturated rings. The van der Waals surface area contributed by atoms with E-state index in [4.69, 9.17) is 0 Å². The Morgan fingerprint density at radius 3 is 2.82 bits per heavy atom. The van der Waals surface area contributed by atoms with Gasteiger partial charge in [0.25, 0.3) is 0 Å². The van der Waals surface area contributed by atoms with Gasteiger partial charge in [-0.3, -0.25) is 4.79 Å². The van der Waals surface area contributed by atoms with Crippen LogP contribution in [0.15, 0.2) is 24.3 Å². The van der Waals surface area contributed by atoms with Crippen LogP contribution < -0.4 is 0 Å². The molecule has 2 nitrogen and oxygen atoms in total. The van der Waals surface area contributed by atoms with E-state index >= 15 is 0 Å². The standard InChI is InChI=1S/C14H16BrNO/c15-12-8-9-16(14(12)17)13-7-3-5-10-4-1-2-6-11(10)13/h1-2,4,6,12-13H,3,5,7-9H2/t12-,13-/m1/s1. The van der Waals surface area contributed by atoms with Crippen LogP contribution in [-0.2, 0) is 11.2 Å². The molecule has 1 saturated heterocycles. The van der Waals surface area contributed by atoms with E-state index in [9.17, 15) is 4.79 Å². The number of carbonyl (C=O) groups is 1. The highest BCUT2D eigenvalue weighted by Gasteiger charge is 2.36. The Balaban J connectivity index is 1.93. The van der Waals surface area contributed by atoms with Crippen LogP contribution in [0.5, 0.6) is 0 Å². The molecule has 3 rings (SSSR count). The summed E-state index contributed by atoms with van der Waals surface area (Å²) in [6, 6.07) is 8.89. The maximum absolute atomic E-state index is 12.1. The number of likely N-dealkylation sites (tertiary alicyclic amines) is 1. The smallest absolute Gasteiger partial charge is 0.236 e. The fraction of sp³-hybridized carbons (Fsp3) is 0.500. The van der Waals surface area contributed by atoms with E-state index in [2.05, 4.69) is 45.1 Å². The van der Waals surface area contributed by atoms with Crippen molar-refractivity contribution in [2.75, 3.05) is 6.54 Å². The summed E-state index contributed by atoms with van der Waals surface area (Å²) in [6.45, 7) is 0.897. The van der Waals surface area contributed by atoms with Gasteiger partial charge in [-0.15, -0.1) is 0 Å². The predicted octanol–water partition coefficient (Wildman–Crippen LogP) is 3.06. The van der Waals surface area contributed by atoms with E-state index in [0.717, 1.165) is 25.8 Å². The van der Waals surface area contributed by atoms with Crippen molar-refractivity contribution >= 4 is 21.8 Å². The molecule has 0 aromatic heterocycles. The lowest BCUT2D eigenvalue weighted by Gasteiger charge is -2.33. The van der Waals surface area contributed by atoms with Crippen LogP contribution in [0.1, 0.15) is 36.4 Å². The molecule has 1 aromatic rings. The van der Waals surface area contributed by atoms with Crippen molar-refractivity contribution in [2.24, 2.45) is 0 Å². The van der Waals surface area contributed by atoms with Crippen LogP contribution in [0, 0.1) is 0 Å². The lowest BCUT2D eigenvalue weighted by atomic mass is 9.87. The summed E-state index contributed by atoms with van der Waals surface area (Å²) in [7, 11) is 0. The predicted molar refractivity (Wildman–Crippen MR) is 71.2 cm³/mol. The largest absolute Gasteiger partial charge is 0.335 e. The highest BCUT2D eigenvalue weighted by atomic mass is 79.9.